The van der Waals surface area contributed by atoms with E-state index < -0.39 is 36.5 Å². The van der Waals surface area contributed by atoms with Gasteiger partial charge < -0.3 is 24.3 Å². The summed E-state index contributed by atoms with van der Waals surface area (Å²) in [6, 6.07) is -0.614. The summed E-state index contributed by atoms with van der Waals surface area (Å²) < 4.78 is 21.7. The summed E-state index contributed by atoms with van der Waals surface area (Å²) in [6.07, 6.45) is -2.41. The number of hydrogen-bond acceptors (Lipinski definition) is 8. The molecule has 1 amide bonds. The zero-order chi connectivity index (χ0) is 19.7. The van der Waals surface area contributed by atoms with Gasteiger partial charge in [0.05, 0.1) is 12.6 Å². The normalized spacial score (nSPS) is 27.8. The molecule has 0 bridgehead atoms. The molecule has 1 aliphatic rings. The first-order valence-corrected chi connectivity index (χ1v) is 8.11. The van der Waals surface area contributed by atoms with Crippen LogP contribution in [0.15, 0.2) is 5.11 Å². The van der Waals surface area contributed by atoms with Crippen molar-refractivity contribution in [2.75, 3.05) is 19.8 Å². The van der Waals surface area contributed by atoms with Crippen molar-refractivity contribution in [1.82, 2.24) is 5.32 Å². The third kappa shape index (κ3) is 6.87. The number of nitrogens with zero attached hydrogens (tertiary/aromatic N) is 3. The highest BCUT2D eigenvalue weighted by Crippen LogP contribution is 2.29. The van der Waals surface area contributed by atoms with E-state index in [0.717, 1.165) is 0 Å². The highest BCUT2D eigenvalue weighted by atomic mass is 16.7. The summed E-state index contributed by atoms with van der Waals surface area (Å²) in [5.41, 5.74) is 8.32. The van der Waals surface area contributed by atoms with Crippen LogP contribution in [0.2, 0.25) is 0 Å². The number of carbonyl (C=O) groups excluding carboxylic acids is 3. The van der Waals surface area contributed by atoms with E-state index in [0.29, 0.717) is 0 Å². The lowest BCUT2D eigenvalue weighted by molar-refractivity contribution is -0.261. The van der Waals surface area contributed by atoms with Crippen LogP contribution in [0.5, 0.6) is 0 Å². The average molecular weight is 372 g/mol. The number of amides is 1. The van der Waals surface area contributed by atoms with Gasteiger partial charge in [0.25, 0.3) is 0 Å². The summed E-state index contributed by atoms with van der Waals surface area (Å²) >= 11 is 0. The lowest BCUT2D eigenvalue weighted by Gasteiger charge is -2.44. The van der Waals surface area contributed by atoms with Crippen LogP contribution >= 0.6 is 0 Å². The minimum Gasteiger partial charge on any atom is -0.463 e. The third-order valence-corrected chi connectivity index (χ3v) is 3.71. The van der Waals surface area contributed by atoms with Crippen molar-refractivity contribution in [3.8, 4) is 0 Å². The number of carbonyl (C=O) groups is 3. The average Bonchev–Trinajstić information content (AvgIpc) is 2.54. The van der Waals surface area contributed by atoms with Gasteiger partial charge in [0, 0.05) is 38.1 Å². The Balaban J connectivity index is 2.97. The Morgan fingerprint density at radius 1 is 1.23 bits per heavy atom. The second-order valence-electron chi connectivity index (χ2n) is 5.83. The molecule has 146 valence electrons. The van der Waals surface area contributed by atoms with E-state index >= 15 is 0 Å². The van der Waals surface area contributed by atoms with Crippen molar-refractivity contribution in [2.45, 2.75) is 52.2 Å². The van der Waals surface area contributed by atoms with Crippen LogP contribution in [-0.2, 0) is 33.3 Å². The molecule has 0 aliphatic carbocycles. The predicted octanol–water partition coefficient (Wildman–Crippen LogP) is 0.674. The van der Waals surface area contributed by atoms with Gasteiger partial charge in [0.2, 0.25) is 5.91 Å². The first kappa shape index (κ1) is 21.7. The summed E-state index contributed by atoms with van der Waals surface area (Å²) in [5.74, 6) is -1.73. The standard InChI is InChI=1S/C15H24N4O7/c1-8-13(18-9(2)20)15(23-6-5-17-19-16)26-12(7-24-10(3)21)14(8)25-11(4)22/h8,12-15H,5-7H2,1-4H3,(H,18,20)/t8-,12?,13?,14-,15-/m1/s1. The Kier molecular flexibility index (Phi) is 8.83. The third-order valence-electron chi connectivity index (χ3n) is 3.71. The highest BCUT2D eigenvalue weighted by Gasteiger charge is 2.46. The van der Waals surface area contributed by atoms with Gasteiger partial charge in [0.15, 0.2) is 6.29 Å². The molecule has 0 aromatic rings. The Morgan fingerprint density at radius 3 is 2.46 bits per heavy atom. The Bertz CT molecular complexity index is 562. The lowest BCUT2D eigenvalue weighted by atomic mass is 9.88. The van der Waals surface area contributed by atoms with Crippen molar-refractivity contribution in [3.05, 3.63) is 10.4 Å². The molecule has 1 fully saturated rings. The summed E-state index contributed by atoms with van der Waals surface area (Å²) in [4.78, 5) is 36.7. The second-order valence-corrected chi connectivity index (χ2v) is 5.83. The molecule has 1 rings (SSSR count). The fraction of sp³-hybridized carbons (Fsp3) is 0.800. The van der Waals surface area contributed by atoms with Gasteiger partial charge in [-0.3, -0.25) is 14.4 Å². The SMILES string of the molecule is CC(=O)NC1[C@H](OCCN=[N+]=[N-])OC(COC(C)=O)[C@H](OC(C)=O)[C@@H]1C. The molecule has 0 spiro atoms. The van der Waals surface area contributed by atoms with Gasteiger partial charge in [0.1, 0.15) is 18.8 Å². The molecule has 26 heavy (non-hydrogen) atoms. The molecule has 1 N–H and O–H groups in total. The van der Waals surface area contributed by atoms with Gasteiger partial charge >= 0.3 is 11.9 Å². The van der Waals surface area contributed by atoms with Crippen LogP contribution in [-0.4, -0.2) is 62.1 Å². The van der Waals surface area contributed by atoms with Crippen molar-refractivity contribution in [1.29, 1.82) is 0 Å². The van der Waals surface area contributed by atoms with Gasteiger partial charge in [-0.2, -0.15) is 0 Å². The maximum absolute atomic E-state index is 11.5. The second kappa shape index (κ2) is 10.6. The molecular weight excluding hydrogens is 348 g/mol. The quantitative estimate of drug-likeness (QED) is 0.216. The fourth-order valence-corrected chi connectivity index (χ4v) is 2.67. The summed E-state index contributed by atoms with van der Waals surface area (Å²) in [5, 5.41) is 6.09. The van der Waals surface area contributed by atoms with Crippen molar-refractivity contribution >= 4 is 17.8 Å². The molecule has 0 radical (unpaired) electrons. The minimum absolute atomic E-state index is 0.0655. The number of rotatable bonds is 8. The van der Waals surface area contributed by atoms with Crippen LogP contribution < -0.4 is 5.32 Å². The monoisotopic (exact) mass is 372 g/mol. The van der Waals surface area contributed by atoms with Crippen molar-refractivity contribution in [2.24, 2.45) is 11.0 Å². The maximum atomic E-state index is 11.5. The molecular formula is C15H24N4O7. The van der Waals surface area contributed by atoms with E-state index in [4.69, 9.17) is 24.5 Å². The predicted molar refractivity (Wildman–Crippen MR) is 87.6 cm³/mol. The van der Waals surface area contributed by atoms with E-state index in [1.54, 1.807) is 6.92 Å². The fourth-order valence-electron chi connectivity index (χ4n) is 2.67. The number of hydrogen-bond donors (Lipinski definition) is 1. The van der Waals surface area contributed by atoms with Crippen LogP contribution in [0, 0.1) is 5.92 Å². The Hall–Kier alpha value is -2.36. The molecule has 11 heteroatoms. The molecule has 1 aliphatic heterocycles. The molecule has 5 atom stereocenters. The smallest absolute Gasteiger partial charge is 0.303 e. The summed E-state index contributed by atoms with van der Waals surface area (Å²) in [7, 11) is 0. The molecule has 1 saturated heterocycles. The van der Waals surface area contributed by atoms with Crippen LogP contribution in [0.4, 0.5) is 0 Å². The molecule has 2 unspecified atom stereocenters. The number of ether oxygens (including phenoxy) is 4. The van der Waals surface area contributed by atoms with Crippen LogP contribution in [0.1, 0.15) is 27.7 Å². The van der Waals surface area contributed by atoms with Gasteiger partial charge in [-0.25, -0.2) is 0 Å². The number of esters is 2. The summed E-state index contributed by atoms with van der Waals surface area (Å²) in [6.45, 7) is 5.62. The largest absolute Gasteiger partial charge is 0.463 e. The first-order valence-electron chi connectivity index (χ1n) is 8.11. The van der Waals surface area contributed by atoms with Gasteiger partial charge in [-0.05, 0) is 5.53 Å². The molecule has 11 nitrogen and oxygen atoms in total. The van der Waals surface area contributed by atoms with Gasteiger partial charge in [-0.1, -0.05) is 12.0 Å². The zero-order valence-corrected chi connectivity index (χ0v) is 15.2. The lowest BCUT2D eigenvalue weighted by Crippen LogP contribution is -2.62. The Labute approximate surface area is 150 Å². The Morgan fingerprint density at radius 2 is 1.92 bits per heavy atom. The topological polar surface area (TPSA) is 149 Å². The van der Waals surface area contributed by atoms with E-state index in [-0.39, 0.29) is 31.6 Å². The van der Waals surface area contributed by atoms with E-state index in [1.165, 1.54) is 20.8 Å². The van der Waals surface area contributed by atoms with E-state index in [2.05, 4.69) is 15.3 Å². The number of nitrogens with one attached hydrogen (secondary N) is 1. The molecule has 0 saturated carbocycles. The van der Waals surface area contributed by atoms with Crippen LogP contribution in [0.3, 0.4) is 0 Å². The number of azide groups is 1. The molecule has 0 aromatic heterocycles. The van der Waals surface area contributed by atoms with Crippen molar-refractivity contribution in [3.63, 3.8) is 0 Å². The van der Waals surface area contributed by atoms with E-state index in [1.807, 2.05) is 0 Å². The highest BCUT2D eigenvalue weighted by molar-refractivity contribution is 5.73. The minimum atomic E-state index is -0.893. The van der Waals surface area contributed by atoms with Crippen molar-refractivity contribution < 1.29 is 33.3 Å². The zero-order valence-electron chi connectivity index (χ0n) is 15.2. The van der Waals surface area contributed by atoms with Crippen LogP contribution in [0.25, 0.3) is 10.4 Å². The first-order chi connectivity index (χ1) is 12.3. The van der Waals surface area contributed by atoms with E-state index in [9.17, 15) is 14.4 Å². The molecule has 0 aromatic carbocycles. The molecule has 1 heterocycles. The van der Waals surface area contributed by atoms with Gasteiger partial charge in [-0.15, -0.1) is 0 Å². The maximum Gasteiger partial charge on any atom is 0.303 e.